The molecule has 0 saturated carbocycles. The van der Waals surface area contributed by atoms with Crippen molar-refractivity contribution in [2.45, 2.75) is 25.0 Å². The lowest BCUT2D eigenvalue weighted by atomic mass is 9.92. The van der Waals surface area contributed by atoms with Gasteiger partial charge in [0.1, 0.15) is 25.0 Å². The Bertz CT molecular complexity index is 2090. The average Bonchev–Trinajstić information content (AvgIpc) is 3.52. The van der Waals surface area contributed by atoms with E-state index in [4.69, 9.17) is 17.3 Å². The van der Waals surface area contributed by atoms with Gasteiger partial charge < -0.3 is 16.0 Å². The molecule has 1 fully saturated rings. The fraction of sp³-hybridized carbons (Fsp3) is 0.152. The van der Waals surface area contributed by atoms with Crippen LogP contribution in [0.15, 0.2) is 79.4 Å². The summed E-state index contributed by atoms with van der Waals surface area (Å²) < 4.78 is 17.0. The van der Waals surface area contributed by atoms with E-state index < -0.39 is 35.6 Å². The lowest BCUT2D eigenvalue weighted by molar-refractivity contribution is -0.138. The number of hydrogen-bond acceptors (Lipinski definition) is 6. The van der Waals surface area contributed by atoms with Gasteiger partial charge in [-0.15, -0.1) is 0 Å². The third-order valence-electron chi connectivity index (χ3n) is 8.08. The number of primary amides is 1. The van der Waals surface area contributed by atoms with Crippen molar-refractivity contribution < 1.29 is 18.8 Å². The summed E-state index contributed by atoms with van der Waals surface area (Å²) in [6, 6.07) is 15.4. The van der Waals surface area contributed by atoms with Gasteiger partial charge in [0.2, 0.25) is 11.8 Å². The first-order valence-electron chi connectivity index (χ1n) is 14.0. The third kappa shape index (κ3) is 4.95. The first kappa shape index (κ1) is 28.2. The van der Waals surface area contributed by atoms with Gasteiger partial charge in [-0.05, 0) is 36.2 Å². The van der Waals surface area contributed by atoms with E-state index in [-0.39, 0.29) is 29.4 Å². The van der Waals surface area contributed by atoms with Crippen LogP contribution in [-0.2, 0) is 16.1 Å². The van der Waals surface area contributed by atoms with Crippen LogP contribution >= 0.6 is 11.6 Å². The Morgan fingerprint density at radius 2 is 1.78 bits per heavy atom. The highest BCUT2D eigenvalue weighted by molar-refractivity contribution is 6.33. The van der Waals surface area contributed by atoms with Crippen LogP contribution in [0.5, 0.6) is 0 Å². The molecule has 0 radical (unpaired) electrons. The van der Waals surface area contributed by atoms with Crippen LogP contribution in [0.1, 0.15) is 16.9 Å². The molecule has 10 nitrogen and oxygen atoms in total. The minimum atomic E-state index is -0.916. The molecule has 3 atom stereocenters. The van der Waals surface area contributed by atoms with E-state index in [1.54, 1.807) is 67.0 Å². The summed E-state index contributed by atoms with van der Waals surface area (Å²) in [7, 11) is 0. The summed E-state index contributed by atoms with van der Waals surface area (Å²) in [6.45, 7) is -0.275. The van der Waals surface area contributed by atoms with Gasteiger partial charge >= 0.3 is 0 Å². The number of nitrogens with one attached hydrogen (secondary N) is 1. The van der Waals surface area contributed by atoms with Gasteiger partial charge in [0.05, 0.1) is 17.1 Å². The predicted molar refractivity (Wildman–Crippen MR) is 165 cm³/mol. The fourth-order valence-corrected chi connectivity index (χ4v) is 6.13. The maximum Gasteiger partial charge on any atom is 0.269 e. The van der Waals surface area contributed by atoms with Gasteiger partial charge in [0, 0.05) is 39.5 Å². The number of fused-ring (bicyclic) bond motifs is 2. The van der Waals surface area contributed by atoms with Crippen LogP contribution in [0.3, 0.4) is 0 Å². The number of anilines is 1. The Balaban J connectivity index is 1.16. The molecule has 12 heteroatoms. The molecule has 3 unspecified atom stereocenters. The van der Waals surface area contributed by atoms with E-state index in [2.05, 4.69) is 32.2 Å². The smallest absolute Gasteiger partial charge is 0.269 e. The zero-order valence-electron chi connectivity index (χ0n) is 23.4. The maximum atomic E-state index is 15.6. The van der Waals surface area contributed by atoms with Crippen molar-refractivity contribution in [3.8, 4) is 34.1 Å². The van der Waals surface area contributed by atoms with Crippen molar-refractivity contribution in [3.63, 3.8) is 0 Å². The molecule has 3 heterocycles. The van der Waals surface area contributed by atoms with E-state index >= 15 is 4.39 Å². The lowest BCUT2D eigenvalue weighted by Crippen LogP contribution is -2.49. The van der Waals surface area contributed by atoms with Crippen LogP contribution in [0.2, 0.25) is 5.02 Å². The summed E-state index contributed by atoms with van der Waals surface area (Å²) in [4.78, 5) is 49.2. The van der Waals surface area contributed by atoms with Gasteiger partial charge in [-0.25, -0.2) is 14.4 Å². The number of rotatable bonds is 7. The van der Waals surface area contributed by atoms with Gasteiger partial charge in [0.15, 0.2) is 11.5 Å². The molecule has 0 bridgehead atoms. The van der Waals surface area contributed by atoms with Crippen molar-refractivity contribution in [2.24, 2.45) is 11.7 Å². The standard InChI is InChI=1S/C33H23ClFN7O3/c34-24-6-2-1-4-21(24)22-5-3-7-25(30(22)35)39-33(45)28-13-19-9-10-26(19)42(28)29(43)16-41-27-11-8-18(20-14-37-17-38-15-20)12-23(27)31(40-41)32(36)44/h1-8,11-12,14-15,17,19,26,28H,13,16H2,(H2,36,44)(H,39,45). The summed E-state index contributed by atoms with van der Waals surface area (Å²) in [6.07, 6.45) is 4.99. The van der Waals surface area contributed by atoms with Crippen LogP contribution < -0.4 is 11.1 Å². The highest BCUT2D eigenvalue weighted by Crippen LogP contribution is 2.37. The quantitative estimate of drug-likeness (QED) is 0.261. The van der Waals surface area contributed by atoms with Crippen molar-refractivity contribution in [3.05, 3.63) is 95.9 Å². The van der Waals surface area contributed by atoms with Crippen LogP contribution in [-0.4, -0.2) is 54.5 Å². The topological polar surface area (TPSA) is 136 Å². The number of amides is 3. The zero-order valence-corrected chi connectivity index (χ0v) is 24.2. The number of halogens is 2. The first-order valence-corrected chi connectivity index (χ1v) is 14.4. The second-order valence-corrected chi connectivity index (χ2v) is 11.2. The minimum Gasteiger partial charge on any atom is -0.364 e. The van der Waals surface area contributed by atoms with Gasteiger partial charge in [-0.2, -0.15) is 5.10 Å². The number of hydrogen-bond donors (Lipinski definition) is 2. The molecule has 222 valence electrons. The molecular formula is C33H23ClFN7O3. The molecule has 0 spiro atoms. The minimum absolute atomic E-state index is 0.00223. The first-order chi connectivity index (χ1) is 21.8. The number of carbonyl (C=O) groups excluding carboxylic acids is 3. The van der Waals surface area contributed by atoms with Crippen LogP contribution in [0.25, 0.3) is 33.2 Å². The number of likely N-dealkylation sites (tertiary alicyclic amines) is 1. The van der Waals surface area contributed by atoms with E-state index in [1.807, 2.05) is 0 Å². The van der Waals surface area contributed by atoms with E-state index in [1.165, 1.54) is 22.0 Å². The Hall–Kier alpha value is -5.60. The molecule has 2 aromatic heterocycles. The SMILES string of the molecule is NC(=O)c1nn(CC(=O)N2C(C(=O)Nc3cccc(-c4ccccc4Cl)c3F)CC3C#CC32)c2ccc(-c3cncnc3)cc12. The van der Waals surface area contributed by atoms with Gasteiger partial charge in [-0.3, -0.25) is 19.1 Å². The van der Waals surface area contributed by atoms with Crippen LogP contribution in [0.4, 0.5) is 10.1 Å². The lowest BCUT2D eigenvalue weighted by Gasteiger charge is -2.29. The number of carbonyl (C=O) groups is 3. The Morgan fingerprint density at radius 1 is 1.00 bits per heavy atom. The van der Waals surface area contributed by atoms with Gasteiger partial charge in [0.25, 0.3) is 5.91 Å². The number of aromatic nitrogens is 4. The Kier molecular flexibility index (Phi) is 6.99. The summed E-state index contributed by atoms with van der Waals surface area (Å²) in [5, 5.41) is 7.86. The number of nitrogens with zero attached hydrogens (tertiary/aromatic N) is 5. The molecule has 2 aliphatic rings. The Morgan fingerprint density at radius 3 is 2.51 bits per heavy atom. The molecule has 1 aliphatic carbocycles. The van der Waals surface area contributed by atoms with Crippen LogP contribution in [0, 0.1) is 23.6 Å². The zero-order chi connectivity index (χ0) is 31.2. The average molecular weight is 620 g/mol. The molecule has 7 rings (SSSR count). The maximum absolute atomic E-state index is 15.6. The second kappa shape index (κ2) is 11.2. The third-order valence-corrected chi connectivity index (χ3v) is 8.41. The summed E-state index contributed by atoms with van der Waals surface area (Å²) in [5.41, 5.74) is 8.32. The fourth-order valence-electron chi connectivity index (χ4n) is 5.89. The largest absolute Gasteiger partial charge is 0.364 e. The Labute approximate surface area is 261 Å². The van der Waals surface area contributed by atoms with Crippen molar-refractivity contribution >= 4 is 45.9 Å². The monoisotopic (exact) mass is 619 g/mol. The molecule has 3 amide bonds. The van der Waals surface area contributed by atoms with Crippen molar-refractivity contribution in [1.82, 2.24) is 24.6 Å². The molecule has 3 N–H and O–H groups in total. The molecule has 1 aliphatic heterocycles. The predicted octanol–water partition coefficient (Wildman–Crippen LogP) is 4.29. The van der Waals surface area contributed by atoms with Crippen molar-refractivity contribution in [1.29, 1.82) is 0 Å². The highest BCUT2D eigenvalue weighted by atomic mass is 35.5. The van der Waals surface area contributed by atoms with Gasteiger partial charge in [-0.1, -0.05) is 59.8 Å². The second-order valence-electron chi connectivity index (χ2n) is 10.8. The summed E-state index contributed by atoms with van der Waals surface area (Å²) in [5.74, 6) is 3.44. The van der Waals surface area contributed by atoms with E-state index in [9.17, 15) is 14.4 Å². The number of benzene rings is 3. The molecule has 45 heavy (non-hydrogen) atoms. The van der Waals surface area contributed by atoms with E-state index in [0.29, 0.717) is 27.9 Å². The highest BCUT2D eigenvalue weighted by Gasteiger charge is 2.48. The summed E-state index contributed by atoms with van der Waals surface area (Å²) >= 11 is 6.29. The van der Waals surface area contributed by atoms with E-state index in [0.717, 1.165) is 11.1 Å². The van der Waals surface area contributed by atoms with Crippen molar-refractivity contribution in [2.75, 3.05) is 5.32 Å². The normalized spacial score (nSPS) is 18.1. The molecule has 5 aromatic rings. The molecular weight excluding hydrogens is 597 g/mol. The molecule has 3 aromatic carbocycles. The molecule has 1 saturated heterocycles. The number of nitrogens with two attached hydrogens (primary N) is 1.